The van der Waals surface area contributed by atoms with E-state index in [2.05, 4.69) is 16.8 Å². The van der Waals surface area contributed by atoms with Crippen molar-refractivity contribution in [3.05, 3.63) is 82.4 Å². The maximum absolute atomic E-state index is 12.3. The Morgan fingerprint density at radius 3 is 2.62 bits per heavy atom. The molecule has 4 nitrogen and oxygen atoms in total. The lowest BCUT2D eigenvalue weighted by Crippen LogP contribution is -3.10. The van der Waals surface area contributed by atoms with Crippen LogP contribution in [0.3, 0.4) is 0 Å². The lowest BCUT2D eigenvalue weighted by Gasteiger charge is -2.17. The standard InChI is InChI=1S/C19H20N2O2S/c22-19(20-12-16-6-2-1-3-7-16)15-21(13-17-8-4-10-23-17)14-18-9-5-11-24-18/h1-11H,12-15H2,(H,20,22)/p+1. The molecule has 2 heterocycles. The second-order valence-corrected chi connectivity index (χ2v) is 6.73. The molecule has 0 fully saturated rings. The van der Waals surface area contributed by atoms with E-state index >= 15 is 0 Å². The van der Waals surface area contributed by atoms with Crippen LogP contribution in [-0.4, -0.2) is 12.5 Å². The van der Waals surface area contributed by atoms with Gasteiger partial charge >= 0.3 is 0 Å². The van der Waals surface area contributed by atoms with Gasteiger partial charge < -0.3 is 14.6 Å². The molecular weight excluding hydrogens is 320 g/mol. The summed E-state index contributed by atoms with van der Waals surface area (Å²) in [6, 6.07) is 17.9. The normalized spacial score (nSPS) is 12.0. The highest BCUT2D eigenvalue weighted by molar-refractivity contribution is 7.09. The van der Waals surface area contributed by atoms with Gasteiger partial charge in [-0.05, 0) is 29.1 Å². The Hall–Kier alpha value is -2.37. The molecular formula is C19H21N2O2S+. The first-order valence-corrected chi connectivity index (χ1v) is 8.86. The average Bonchev–Trinajstić information content (AvgIpc) is 3.28. The molecule has 124 valence electrons. The van der Waals surface area contributed by atoms with Gasteiger partial charge in [0.25, 0.3) is 5.91 Å². The highest BCUT2D eigenvalue weighted by Gasteiger charge is 2.17. The van der Waals surface area contributed by atoms with E-state index in [1.165, 1.54) is 4.88 Å². The third-order valence-electron chi connectivity index (χ3n) is 3.75. The molecule has 2 N–H and O–H groups in total. The number of quaternary nitrogens is 1. The monoisotopic (exact) mass is 341 g/mol. The van der Waals surface area contributed by atoms with Crippen LogP contribution in [0.2, 0.25) is 0 Å². The zero-order valence-electron chi connectivity index (χ0n) is 13.4. The van der Waals surface area contributed by atoms with Gasteiger partial charge in [0.05, 0.1) is 11.1 Å². The third kappa shape index (κ3) is 5.08. The molecule has 3 aromatic rings. The minimum Gasteiger partial charge on any atom is -0.463 e. The molecule has 0 spiro atoms. The van der Waals surface area contributed by atoms with Crippen LogP contribution in [0.4, 0.5) is 0 Å². The van der Waals surface area contributed by atoms with Crippen LogP contribution >= 0.6 is 11.3 Å². The van der Waals surface area contributed by atoms with E-state index in [4.69, 9.17) is 4.42 Å². The fraction of sp³-hybridized carbons (Fsp3) is 0.211. The molecule has 0 bridgehead atoms. The predicted molar refractivity (Wildman–Crippen MR) is 94.6 cm³/mol. The first-order valence-electron chi connectivity index (χ1n) is 7.98. The van der Waals surface area contributed by atoms with Crippen LogP contribution in [-0.2, 0) is 24.4 Å². The Kier molecular flexibility index (Phi) is 5.82. The van der Waals surface area contributed by atoms with Gasteiger partial charge in [-0.25, -0.2) is 0 Å². The number of carbonyl (C=O) groups excluding carboxylic acids is 1. The molecule has 1 unspecified atom stereocenters. The van der Waals surface area contributed by atoms with Crippen LogP contribution < -0.4 is 10.2 Å². The van der Waals surface area contributed by atoms with Crippen molar-refractivity contribution in [2.24, 2.45) is 0 Å². The molecule has 0 saturated carbocycles. The van der Waals surface area contributed by atoms with Gasteiger partial charge in [-0.3, -0.25) is 4.79 Å². The second kappa shape index (κ2) is 8.47. The van der Waals surface area contributed by atoms with Crippen molar-refractivity contribution in [1.29, 1.82) is 0 Å². The lowest BCUT2D eigenvalue weighted by molar-refractivity contribution is -0.920. The van der Waals surface area contributed by atoms with Crippen LogP contribution in [0.25, 0.3) is 0 Å². The number of hydrogen-bond donors (Lipinski definition) is 2. The fourth-order valence-electron chi connectivity index (χ4n) is 2.59. The topological polar surface area (TPSA) is 46.7 Å². The van der Waals surface area contributed by atoms with Crippen molar-refractivity contribution in [3.8, 4) is 0 Å². The summed E-state index contributed by atoms with van der Waals surface area (Å²) in [4.78, 5) is 14.8. The number of amides is 1. The second-order valence-electron chi connectivity index (χ2n) is 5.70. The van der Waals surface area contributed by atoms with Gasteiger partial charge in [0.2, 0.25) is 0 Å². The van der Waals surface area contributed by atoms with Crippen molar-refractivity contribution in [2.45, 2.75) is 19.6 Å². The van der Waals surface area contributed by atoms with Gasteiger partial charge in [0, 0.05) is 6.54 Å². The molecule has 24 heavy (non-hydrogen) atoms. The van der Waals surface area contributed by atoms with E-state index in [0.29, 0.717) is 19.6 Å². The Labute approximate surface area is 145 Å². The number of rotatable bonds is 8. The highest BCUT2D eigenvalue weighted by Crippen LogP contribution is 2.06. The molecule has 2 aromatic heterocycles. The number of furan rings is 1. The minimum atomic E-state index is 0.0527. The van der Waals surface area contributed by atoms with Gasteiger partial charge in [0.15, 0.2) is 12.3 Å². The zero-order chi connectivity index (χ0) is 16.6. The van der Waals surface area contributed by atoms with Gasteiger partial charge in [-0.1, -0.05) is 36.4 Å². The molecule has 5 heteroatoms. The molecule has 0 aliphatic rings. The zero-order valence-corrected chi connectivity index (χ0v) is 14.2. The van der Waals surface area contributed by atoms with Crippen LogP contribution in [0.5, 0.6) is 0 Å². The molecule has 1 aromatic carbocycles. The summed E-state index contributed by atoms with van der Waals surface area (Å²) >= 11 is 1.72. The Balaban J connectivity index is 1.56. The van der Waals surface area contributed by atoms with Crippen molar-refractivity contribution in [2.75, 3.05) is 6.54 Å². The van der Waals surface area contributed by atoms with E-state index < -0.39 is 0 Å². The number of thiophene rings is 1. The molecule has 0 aliphatic carbocycles. The SMILES string of the molecule is O=C(C[NH+](Cc1ccco1)Cc1cccs1)NCc1ccccc1. The Morgan fingerprint density at radius 2 is 1.92 bits per heavy atom. The quantitative estimate of drug-likeness (QED) is 0.660. The van der Waals surface area contributed by atoms with Crippen molar-refractivity contribution >= 4 is 17.2 Å². The Morgan fingerprint density at radius 1 is 1.04 bits per heavy atom. The third-order valence-corrected chi connectivity index (χ3v) is 4.63. The predicted octanol–water partition coefficient (Wildman–Crippen LogP) is 2.24. The summed E-state index contributed by atoms with van der Waals surface area (Å²) in [5.41, 5.74) is 1.11. The first kappa shape index (κ1) is 16.5. The molecule has 1 atom stereocenters. The van der Waals surface area contributed by atoms with E-state index in [1.54, 1.807) is 17.6 Å². The van der Waals surface area contributed by atoms with Crippen molar-refractivity contribution in [1.82, 2.24) is 5.32 Å². The highest BCUT2D eigenvalue weighted by atomic mass is 32.1. The summed E-state index contributed by atoms with van der Waals surface area (Å²) in [7, 11) is 0. The van der Waals surface area contributed by atoms with E-state index in [9.17, 15) is 4.79 Å². The average molecular weight is 341 g/mol. The van der Waals surface area contributed by atoms with Crippen molar-refractivity contribution < 1.29 is 14.1 Å². The smallest absolute Gasteiger partial charge is 0.275 e. The van der Waals surface area contributed by atoms with Gasteiger partial charge in [-0.15, -0.1) is 11.3 Å². The fourth-order valence-corrected chi connectivity index (χ4v) is 3.37. The van der Waals surface area contributed by atoms with Crippen LogP contribution in [0.15, 0.2) is 70.7 Å². The molecule has 3 rings (SSSR count). The molecule has 1 amide bonds. The van der Waals surface area contributed by atoms with Crippen LogP contribution in [0.1, 0.15) is 16.2 Å². The summed E-state index contributed by atoms with van der Waals surface area (Å²) in [6.07, 6.45) is 1.67. The summed E-state index contributed by atoms with van der Waals surface area (Å²) in [5.74, 6) is 0.953. The summed E-state index contributed by atoms with van der Waals surface area (Å²) < 4.78 is 5.44. The summed E-state index contributed by atoms with van der Waals surface area (Å²) in [6.45, 7) is 2.50. The molecule has 0 aliphatic heterocycles. The molecule has 0 radical (unpaired) electrons. The number of hydrogen-bond acceptors (Lipinski definition) is 3. The summed E-state index contributed by atoms with van der Waals surface area (Å²) in [5, 5.41) is 5.07. The Bertz CT molecular complexity index is 688. The van der Waals surface area contributed by atoms with Gasteiger partial charge in [-0.2, -0.15) is 0 Å². The minimum absolute atomic E-state index is 0.0527. The van der Waals surface area contributed by atoms with Gasteiger partial charge in [0.1, 0.15) is 13.1 Å². The number of nitrogens with one attached hydrogen (secondary N) is 2. The maximum atomic E-state index is 12.3. The van der Waals surface area contributed by atoms with E-state index in [0.717, 1.165) is 22.8 Å². The maximum Gasteiger partial charge on any atom is 0.275 e. The molecule has 0 saturated heterocycles. The van der Waals surface area contributed by atoms with E-state index in [-0.39, 0.29) is 5.91 Å². The lowest BCUT2D eigenvalue weighted by atomic mass is 10.2. The largest absolute Gasteiger partial charge is 0.463 e. The van der Waals surface area contributed by atoms with Crippen molar-refractivity contribution in [3.63, 3.8) is 0 Å². The first-order chi connectivity index (χ1) is 11.8. The number of benzene rings is 1. The number of carbonyl (C=O) groups is 1. The van der Waals surface area contributed by atoms with Crippen LogP contribution in [0, 0.1) is 0 Å². The van der Waals surface area contributed by atoms with E-state index in [1.807, 2.05) is 48.5 Å².